The van der Waals surface area contributed by atoms with Crippen LogP contribution in [0.2, 0.25) is 0 Å². The van der Waals surface area contributed by atoms with Crippen molar-refractivity contribution in [2.24, 2.45) is 0 Å². The van der Waals surface area contributed by atoms with Crippen molar-refractivity contribution in [3.05, 3.63) is 11.1 Å². The molecule has 2 atom stereocenters. The van der Waals surface area contributed by atoms with Gasteiger partial charge in [0.15, 0.2) is 5.60 Å². The molecule has 4 nitrogen and oxygen atoms in total. The Balaban J connectivity index is 3.30. The zero-order valence-corrected chi connectivity index (χ0v) is 15.3. The molecule has 0 aromatic heterocycles. The summed E-state index contributed by atoms with van der Waals surface area (Å²) in [4.78, 5) is 12.4. The molecule has 0 heterocycles. The molecule has 0 radical (unpaired) electrons. The number of alkyl halides is 6. The van der Waals surface area contributed by atoms with E-state index in [0.29, 0.717) is 0 Å². The number of ether oxygens (including phenoxy) is 2. The zero-order valence-electron chi connectivity index (χ0n) is 15.3. The summed E-state index contributed by atoms with van der Waals surface area (Å²) < 4.78 is 85.9. The van der Waals surface area contributed by atoms with Gasteiger partial charge in [-0.05, 0) is 40.2 Å². The van der Waals surface area contributed by atoms with Crippen LogP contribution in [0.15, 0.2) is 11.1 Å². The monoisotopic (exact) mass is 402 g/mol. The molecule has 0 saturated heterocycles. The predicted molar refractivity (Wildman–Crippen MR) is 82.3 cm³/mol. The summed E-state index contributed by atoms with van der Waals surface area (Å²) in [5.74, 6) is 3.51. The molecule has 1 N–H and O–H groups in total. The Morgan fingerprint density at radius 1 is 1.19 bits per heavy atom. The van der Waals surface area contributed by atoms with Gasteiger partial charge in [0, 0.05) is 12.0 Å². The highest BCUT2D eigenvalue weighted by molar-refractivity contribution is 5.87. The summed E-state index contributed by atoms with van der Waals surface area (Å²) >= 11 is 0. The number of hydrogen-bond donors (Lipinski definition) is 1. The van der Waals surface area contributed by atoms with Gasteiger partial charge >= 0.3 is 18.3 Å². The average molecular weight is 402 g/mol. The van der Waals surface area contributed by atoms with Crippen molar-refractivity contribution in [2.45, 2.75) is 76.8 Å². The summed E-state index contributed by atoms with van der Waals surface area (Å²) in [5.41, 5.74) is -4.08. The van der Waals surface area contributed by atoms with Crippen molar-refractivity contribution in [1.82, 2.24) is 0 Å². The second-order valence-electron chi connectivity index (χ2n) is 7.09. The molecular weight excluding hydrogens is 382 g/mol. The SMILES string of the molecule is CC#CC1=C(C)[C@H](OC(C(F)(F)F)C(F)(F)F)C[C@@]1(O)C(=O)OC(C)(C)C. The lowest BCUT2D eigenvalue weighted by atomic mass is 9.95. The van der Waals surface area contributed by atoms with Crippen LogP contribution in [0, 0.1) is 11.8 Å². The van der Waals surface area contributed by atoms with E-state index in [0.717, 1.165) is 6.92 Å². The number of esters is 1. The normalized spacial score (nSPS) is 24.1. The first-order valence-electron chi connectivity index (χ1n) is 7.82. The van der Waals surface area contributed by atoms with Crippen molar-refractivity contribution in [3.63, 3.8) is 0 Å². The topological polar surface area (TPSA) is 55.8 Å². The van der Waals surface area contributed by atoms with E-state index in [1.165, 1.54) is 27.7 Å². The molecule has 0 saturated carbocycles. The van der Waals surface area contributed by atoms with Gasteiger partial charge in [0.2, 0.25) is 6.10 Å². The predicted octanol–water partition coefficient (Wildman–Crippen LogP) is 3.68. The van der Waals surface area contributed by atoms with E-state index in [1.54, 1.807) is 0 Å². The third-order valence-electron chi connectivity index (χ3n) is 3.65. The number of hydrogen-bond acceptors (Lipinski definition) is 4. The lowest BCUT2D eigenvalue weighted by molar-refractivity contribution is -0.329. The molecule has 0 unspecified atom stereocenters. The molecule has 0 aromatic rings. The van der Waals surface area contributed by atoms with E-state index >= 15 is 0 Å². The van der Waals surface area contributed by atoms with Gasteiger partial charge in [0.25, 0.3) is 0 Å². The van der Waals surface area contributed by atoms with E-state index in [2.05, 4.69) is 16.6 Å². The van der Waals surface area contributed by atoms with E-state index in [1.807, 2.05) is 0 Å². The molecule has 1 aliphatic carbocycles. The van der Waals surface area contributed by atoms with Crippen LogP contribution in [0.25, 0.3) is 0 Å². The third-order valence-corrected chi connectivity index (χ3v) is 3.65. The second kappa shape index (κ2) is 7.36. The minimum absolute atomic E-state index is 0.198. The fourth-order valence-corrected chi connectivity index (χ4v) is 2.54. The maximum Gasteiger partial charge on any atom is 0.423 e. The molecule has 1 aliphatic rings. The summed E-state index contributed by atoms with van der Waals surface area (Å²) in [6.07, 6.45) is -18.2. The largest absolute Gasteiger partial charge is 0.458 e. The summed E-state index contributed by atoms with van der Waals surface area (Å²) in [5, 5.41) is 10.7. The van der Waals surface area contributed by atoms with E-state index in [9.17, 15) is 36.2 Å². The highest BCUT2D eigenvalue weighted by Gasteiger charge is 2.61. The Morgan fingerprint density at radius 3 is 2.04 bits per heavy atom. The van der Waals surface area contributed by atoms with Gasteiger partial charge in [-0.2, -0.15) is 26.3 Å². The van der Waals surface area contributed by atoms with Gasteiger partial charge in [-0.15, -0.1) is 5.92 Å². The van der Waals surface area contributed by atoms with Gasteiger partial charge < -0.3 is 14.6 Å². The highest BCUT2D eigenvalue weighted by Crippen LogP contribution is 2.43. The van der Waals surface area contributed by atoms with E-state index < -0.39 is 48.2 Å². The van der Waals surface area contributed by atoms with Crippen molar-refractivity contribution in [3.8, 4) is 11.8 Å². The van der Waals surface area contributed by atoms with Crippen LogP contribution in [-0.2, 0) is 14.3 Å². The Bertz CT molecular complexity index is 661. The highest BCUT2D eigenvalue weighted by atomic mass is 19.4. The first kappa shape index (κ1) is 23.3. The molecule has 10 heteroatoms. The third kappa shape index (κ3) is 5.39. The Labute approximate surface area is 152 Å². The van der Waals surface area contributed by atoms with E-state index in [4.69, 9.17) is 4.74 Å². The fraction of sp³-hybridized carbons (Fsp3) is 0.706. The van der Waals surface area contributed by atoms with Crippen LogP contribution in [0.1, 0.15) is 41.0 Å². The standard InChI is InChI=1S/C17H20F6O4/c1-6-7-10-9(2)11(26-12(16(18,19)20)17(21,22)23)8-15(10,25)13(24)27-14(3,4)5/h11-12,25H,8H2,1-5H3/t11-,15+/m1/s1. The molecule has 0 aromatic carbocycles. The quantitative estimate of drug-likeness (QED) is 0.445. The number of carbonyl (C=O) groups is 1. The second-order valence-corrected chi connectivity index (χ2v) is 7.09. The first-order valence-corrected chi connectivity index (χ1v) is 7.82. The van der Waals surface area contributed by atoms with Crippen LogP contribution in [0.5, 0.6) is 0 Å². The first-order chi connectivity index (χ1) is 11.9. The molecular formula is C17H20F6O4. The molecule has 0 spiro atoms. The smallest absolute Gasteiger partial charge is 0.423 e. The van der Waals surface area contributed by atoms with Crippen LogP contribution in [0.3, 0.4) is 0 Å². The van der Waals surface area contributed by atoms with Crippen molar-refractivity contribution in [2.75, 3.05) is 0 Å². The van der Waals surface area contributed by atoms with Crippen LogP contribution in [0.4, 0.5) is 26.3 Å². The van der Waals surface area contributed by atoms with E-state index in [-0.39, 0.29) is 11.1 Å². The Kier molecular flexibility index (Phi) is 6.35. The van der Waals surface area contributed by atoms with Gasteiger partial charge in [0.05, 0.1) is 6.10 Å². The molecule has 0 bridgehead atoms. The van der Waals surface area contributed by atoms with Crippen molar-refractivity contribution >= 4 is 5.97 Å². The van der Waals surface area contributed by atoms with Crippen molar-refractivity contribution < 1.29 is 45.7 Å². The molecule has 27 heavy (non-hydrogen) atoms. The molecule has 0 fully saturated rings. The molecule has 154 valence electrons. The van der Waals surface area contributed by atoms with Gasteiger partial charge in [-0.25, -0.2) is 4.79 Å². The minimum Gasteiger partial charge on any atom is -0.458 e. The Morgan fingerprint density at radius 2 is 1.67 bits per heavy atom. The molecule has 0 aliphatic heterocycles. The Hall–Kier alpha value is -1.73. The zero-order chi connectivity index (χ0) is 21.4. The van der Waals surface area contributed by atoms with Gasteiger partial charge in [-0.1, -0.05) is 5.92 Å². The average Bonchev–Trinajstić information content (AvgIpc) is 2.66. The maximum absolute atomic E-state index is 12.8. The lowest BCUT2D eigenvalue weighted by Gasteiger charge is -2.29. The fourth-order valence-electron chi connectivity index (χ4n) is 2.54. The maximum atomic E-state index is 12.8. The molecule has 1 rings (SSSR count). The summed E-state index contributed by atoms with van der Waals surface area (Å²) in [7, 11) is 0. The number of aliphatic hydroxyl groups is 1. The minimum atomic E-state index is -5.72. The van der Waals surface area contributed by atoms with Crippen molar-refractivity contribution in [1.29, 1.82) is 0 Å². The van der Waals surface area contributed by atoms with Gasteiger partial charge in [0.1, 0.15) is 5.60 Å². The summed E-state index contributed by atoms with van der Waals surface area (Å²) in [6.45, 7) is 6.95. The van der Waals surface area contributed by atoms with Gasteiger partial charge in [-0.3, -0.25) is 0 Å². The van der Waals surface area contributed by atoms with Crippen LogP contribution in [-0.4, -0.2) is 46.8 Å². The number of carbonyl (C=O) groups excluding carboxylic acids is 1. The number of rotatable bonds is 3. The summed E-state index contributed by atoms with van der Waals surface area (Å²) in [6, 6.07) is 0. The van der Waals surface area contributed by atoms with Crippen LogP contribution >= 0.6 is 0 Å². The van der Waals surface area contributed by atoms with Crippen LogP contribution < -0.4 is 0 Å². The molecule has 0 amide bonds. The lowest BCUT2D eigenvalue weighted by Crippen LogP contribution is -2.48. The number of halogens is 6.